The van der Waals surface area contributed by atoms with Crippen molar-refractivity contribution < 1.29 is 23.9 Å². The van der Waals surface area contributed by atoms with Crippen molar-refractivity contribution in [3.05, 3.63) is 65.6 Å². The lowest BCUT2D eigenvalue weighted by Gasteiger charge is -2.18. The van der Waals surface area contributed by atoms with Crippen molar-refractivity contribution >= 4 is 63.0 Å². The average Bonchev–Trinajstić information content (AvgIpc) is 3.27. The summed E-state index contributed by atoms with van der Waals surface area (Å²) in [6.07, 6.45) is 1.53. The Morgan fingerprint density at radius 1 is 1.18 bits per heavy atom. The molecule has 0 aliphatic carbocycles. The minimum Gasteiger partial charge on any atom is -0.497 e. The molecule has 5 rings (SSSR count). The van der Waals surface area contributed by atoms with Gasteiger partial charge < -0.3 is 20.1 Å². The van der Waals surface area contributed by atoms with E-state index < -0.39 is 0 Å². The molecule has 4 aromatic rings. The molecule has 0 spiro atoms. The zero-order valence-electron chi connectivity index (χ0n) is 20.8. The van der Waals surface area contributed by atoms with Gasteiger partial charge in [0.25, 0.3) is 11.8 Å². The minimum atomic E-state index is -0.385. The van der Waals surface area contributed by atoms with Crippen molar-refractivity contribution in [2.24, 2.45) is 7.05 Å². The number of rotatable bonds is 7. The number of aryl methyl sites for hydroxylation is 1. The van der Waals surface area contributed by atoms with Crippen LogP contribution < -0.4 is 24.9 Å². The lowest BCUT2D eigenvalue weighted by Crippen LogP contribution is -2.26. The van der Waals surface area contributed by atoms with Gasteiger partial charge in [-0.25, -0.2) is 9.97 Å². The van der Waals surface area contributed by atoms with E-state index in [0.29, 0.717) is 28.3 Å². The number of fused-ring (bicyclic) bond motifs is 2. The van der Waals surface area contributed by atoms with Gasteiger partial charge in [0.1, 0.15) is 28.9 Å². The molecule has 0 unspecified atom stereocenters. The molecular weight excluding hydrogens is 549 g/mol. The van der Waals surface area contributed by atoms with Gasteiger partial charge in [0, 0.05) is 31.8 Å². The first-order valence-corrected chi connectivity index (χ1v) is 12.2. The number of halogens is 2. The van der Waals surface area contributed by atoms with Crippen molar-refractivity contribution in [3.8, 4) is 11.5 Å². The normalized spacial score (nSPS) is 11.8. The largest absolute Gasteiger partial charge is 0.497 e. The molecule has 0 saturated heterocycles. The van der Waals surface area contributed by atoms with Gasteiger partial charge in [-0.15, -0.1) is 0 Å². The smallest absolute Gasteiger partial charge is 0.272 e. The summed E-state index contributed by atoms with van der Waals surface area (Å²) in [6, 6.07) is 12.6. The Kier molecular flexibility index (Phi) is 8.79. The molecule has 202 valence electrons. The van der Waals surface area contributed by atoms with E-state index in [1.54, 1.807) is 32.4 Å². The standard InChI is InChI=1S/C16H14ClN7O3.C9H9ClO2/c1-24-14-12(15(22-17)23-24)19-7-20-13(14)16(26)18-5-8-2-3-10-9(4-8)21-11(25)6-27-10;1-12-8-4-2-3-7(5-8)6-9(10)11/h2-4,7H,5-6H2,1H3,(H,18,26)(H,21,25)(H,22,23);2-5H,6H2,1H3. The third-order valence-electron chi connectivity index (χ3n) is 5.53. The third kappa shape index (κ3) is 6.72. The van der Waals surface area contributed by atoms with Crippen molar-refractivity contribution in [1.29, 1.82) is 0 Å². The number of amides is 2. The second-order valence-corrected chi connectivity index (χ2v) is 8.83. The number of benzene rings is 2. The van der Waals surface area contributed by atoms with Crippen molar-refractivity contribution in [2.45, 2.75) is 13.0 Å². The summed E-state index contributed by atoms with van der Waals surface area (Å²) >= 11 is 10.9. The molecule has 3 N–H and O–H groups in total. The predicted molar refractivity (Wildman–Crippen MR) is 145 cm³/mol. The van der Waals surface area contributed by atoms with Gasteiger partial charge in [0.2, 0.25) is 5.24 Å². The quantitative estimate of drug-likeness (QED) is 0.224. The van der Waals surface area contributed by atoms with Crippen LogP contribution in [-0.4, -0.2) is 50.5 Å². The first kappa shape index (κ1) is 27.6. The third-order valence-corrected chi connectivity index (χ3v) is 5.84. The Balaban J connectivity index is 0.000000247. The second kappa shape index (κ2) is 12.4. The Labute approximate surface area is 232 Å². The molecule has 2 aromatic carbocycles. The van der Waals surface area contributed by atoms with E-state index >= 15 is 0 Å². The maximum atomic E-state index is 12.6. The van der Waals surface area contributed by atoms with Crippen LogP contribution in [0, 0.1) is 0 Å². The fourth-order valence-electron chi connectivity index (χ4n) is 3.78. The molecule has 39 heavy (non-hydrogen) atoms. The average molecular weight is 572 g/mol. The van der Waals surface area contributed by atoms with Crippen LogP contribution in [0.5, 0.6) is 11.5 Å². The molecule has 3 heterocycles. The highest BCUT2D eigenvalue weighted by atomic mass is 35.5. The lowest BCUT2D eigenvalue weighted by molar-refractivity contribution is -0.118. The van der Waals surface area contributed by atoms with Crippen LogP contribution in [0.25, 0.3) is 11.0 Å². The number of hydrogen-bond acceptors (Lipinski definition) is 9. The number of ether oxygens (including phenoxy) is 2. The Morgan fingerprint density at radius 2 is 2.00 bits per heavy atom. The lowest BCUT2D eigenvalue weighted by atomic mass is 10.1. The molecule has 0 bridgehead atoms. The van der Waals surface area contributed by atoms with Crippen LogP contribution in [0.1, 0.15) is 21.6 Å². The molecule has 1 aliphatic rings. The molecule has 1 aliphatic heterocycles. The molecule has 12 nitrogen and oxygen atoms in total. The SMILES string of the molecule is COc1cccc(CC(=O)Cl)c1.Cn1nc(NCl)c2ncnc(C(=O)NCc3ccc4c(c3)NC(=O)CO4)c21. The first-order valence-electron chi connectivity index (χ1n) is 11.5. The zero-order chi connectivity index (χ0) is 27.9. The molecule has 2 amide bonds. The summed E-state index contributed by atoms with van der Waals surface area (Å²) in [4.78, 5) is 45.2. The molecule has 0 saturated carbocycles. The summed E-state index contributed by atoms with van der Waals surface area (Å²) < 4.78 is 11.8. The first-order chi connectivity index (χ1) is 18.8. The fourth-order valence-corrected chi connectivity index (χ4v) is 4.07. The molecule has 0 atom stereocenters. The van der Waals surface area contributed by atoms with Crippen LogP contribution in [-0.2, 0) is 29.6 Å². The predicted octanol–water partition coefficient (Wildman–Crippen LogP) is 3.19. The van der Waals surface area contributed by atoms with Crippen LogP contribution in [0.2, 0.25) is 0 Å². The number of aromatic nitrogens is 4. The number of nitrogens with zero attached hydrogens (tertiary/aromatic N) is 4. The summed E-state index contributed by atoms with van der Waals surface area (Å²) in [5.41, 5.74) is 3.33. The number of anilines is 2. The summed E-state index contributed by atoms with van der Waals surface area (Å²) in [5.74, 6) is 1.08. The van der Waals surface area contributed by atoms with Crippen LogP contribution in [0.3, 0.4) is 0 Å². The van der Waals surface area contributed by atoms with Crippen LogP contribution in [0.15, 0.2) is 48.8 Å². The minimum absolute atomic E-state index is 0.00333. The number of hydrogen-bond donors (Lipinski definition) is 3. The number of carbonyl (C=O) groups excluding carboxylic acids is 3. The van der Waals surface area contributed by atoms with Gasteiger partial charge in [-0.1, -0.05) is 18.2 Å². The van der Waals surface area contributed by atoms with Crippen LogP contribution >= 0.6 is 23.4 Å². The fraction of sp³-hybridized carbons (Fsp3) is 0.200. The Hall–Kier alpha value is -4.42. The van der Waals surface area contributed by atoms with Gasteiger partial charge in [-0.2, -0.15) is 5.10 Å². The molecule has 0 fully saturated rings. The molecule has 14 heteroatoms. The van der Waals surface area contributed by atoms with Gasteiger partial charge in [0.05, 0.1) is 12.8 Å². The maximum absolute atomic E-state index is 12.6. The molecule has 2 aromatic heterocycles. The van der Waals surface area contributed by atoms with Gasteiger partial charge in [0.15, 0.2) is 18.1 Å². The van der Waals surface area contributed by atoms with Gasteiger partial charge in [-0.05, 0) is 47.0 Å². The zero-order valence-corrected chi connectivity index (χ0v) is 22.3. The highest BCUT2D eigenvalue weighted by Gasteiger charge is 2.20. The number of nitrogens with one attached hydrogen (secondary N) is 3. The van der Waals surface area contributed by atoms with E-state index in [4.69, 9.17) is 32.9 Å². The Bertz CT molecular complexity index is 1540. The van der Waals surface area contributed by atoms with E-state index in [9.17, 15) is 14.4 Å². The van der Waals surface area contributed by atoms with E-state index in [-0.39, 0.29) is 42.3 Å². The topological polar surface area (TPSA) is 149 Å². The van der Waals surface area contributed by atoms with E-state index in [1.807, 2.05) is 24.3 Å². The van der Waals surface area contributed by atoms with Gasteiger partial charge >= 0.3 is 0 Å². The summed E-state index contributed by atoms with van der Waals surface area (Å²) in [5, 5.41) is 9.34. The highest BCUT2D eigenvalue weighted by molar-refractivity contribution is 6.63. The highest BCUT2D eigenvalue weighted by Crippen LogP contribution is 2.28. The summed E-state index contributed by atoms with van der Waals surface area (Å²) in [7, 11) is 3.26. The van der Waals surface area contributed by atoms with E-state index in [1.165, 1.54) is 11.0 Å². The second-order valence-electron chi connectivity index (χ2n) is 8.22. The van der Waals surface area contributed by atoms with Gasteiger partial charge in [-0.3, -0.25) is 23.9 Å². The number of methoxy groups -OCH3 is 1. The van der Waals surface area contributed by atoms with Crippen molar-refractivity contribution in [1.82, 2.24) is 25.1 Å². The summed E-state index contributed by atoms with van der Waals surface area (Å²) in [6.45, 7) is 0.239. The van der Waals surface area contributed by atoms with E-state index in [0.717, 1.165) is 16.9 Å². The Morgan fingerprint density at radius 3 is 2.74 bits per heavy atom. The molecule has 0 radical (unpaired) electrons. The number of carbonyl (C=O) groups is 3. The van der Waals surface area contributed by atoms with Crippen molar-refractivity contribution in [2.75, 3.05) is 23.9 Å². The monoisotopic (exact) mass is 571 g/mol. The van der Waals surface area contributed by atoms with E-state index in [2.05, 4.69) is 30.5 Å². The van der Waals surface area contributed by atoms with Crippen LogP contribution in [0.4, 0.5) is 11.5 Å². The molecular formula is C25H23Cl2N7O5. The maximum Gasteiger partial charge on any atom is 0.272 e. The van der Waals surface area contributed by atoms with Crippen molar-refractivity contribution in [3.63, 3.8) is 0 Å².